The number of benzene rings is 1. The second-order valence-corrected chi connectivity index (χ2v) is 3.96. The summed E-state index contributed by atoms with van der Waals surface area (Å²) < 4.78 is 14.6. The fourth-order valence-electron chi connectivity index (χ4n) is 0.926. The number of phenolic OH excluding ortho intramolecular Hbond substituents is 2. The van der Waals surface area contributed by atoms with Gasteiger partial charge >= 0.3 is 7.82 Å². The Kier molecular flexibility index (Phi) is 3.33. The summed E-state index contributed by atoms with van der Waals surface area (Å²) in [7, 11) is -4.68. The van der Waals surface area contributed by atoms with Crippen molar-refractivity contribution in [3.8, 4) is 11.5 Å². The van der Waals surface area contributed by atoms with Crippen molar-refractivity contribution in [3.05, 3.63) is 23.8 Å². The largest absolute Gasteiger partial charge is 0.504 e. The van der Waals surface area contributed by atoms with E-state index in [2.05, 4.69) is 4.52 Å². The van der Waals surface area contributed by atoms with Crippen LogP contribution in [0.15, 0.2) is 18.2 Å². The van der Waals surface area contributed by atoms with E-state index in [9.17, 15) is 4.57 Å². The fourth-order valence-corrected chi connectivity index (χ4v) is 1.34. The molecule has 1 unspecified atom stereocenters. The Labute approximate surface area is 85.0 Å². The van der Waals surface area contributed by atoms with Gasteiger partial charge in [-0.05, 0) is 17.7 Å². The molecule has 1 rings (SSSR count). The van der Waals surface area contributed by atoms with Crippen LogP contribution in [0.4, 0.5) is 0 Å². The molecule has 0 saturated carbocycles. The first-order valence-corrected chi connectivity index (χ1v) is 5.34. The lowest BCUT2D eigenvalue weighted by Crippen LogP contribution is -2.12. The average Bonchev–Trinajstić information content (AvgIpc) is 2.06. The molecule has 0 aliphatic rings. The first-order chi connectivity index (χ1) is 6.79. The molecule has 15 heavy (non-hydrogen) atoms. The molecule has 0 fully saturated rings. The van der Waals surface area contributed by atoms with E-state index in [4.69, 9.17) is 25.7 Å². The van der Waals surface area contributed by atoms with Crippen molar-refractivity contribution in [2.45, 2.75) is 6.23 Å². The van der Waals surface area contributed by atoms with Crippen molar-refractivity contribution in [1.82, 2.24) is 0 Å². The van der Waals surface area contributed by atoms with Crippen molar-refractivity contribution < 1.29 is 29.1 Å². The highest BCUT2D eigenvalue weighted by atomic mass is 31.2. The molecule has 0 aromatic heterocycles. The number of phosphoric acid groups is 1. The molecular formula is C7H10NO6P. The smallest absolute Gasteiger partial charge is 0.471 e. The molecule has 6 N–H and O–H groups in total. The summed E-state index contributed by atoms with van der Waals surface area (Å²) in [5, 5.41) is 18.1. The molecule has 0 spiro atoms. The summed E-state index contributed by atoms with van der Waals surface area (Å²) in [6, 6.07) is 3.46. The molecule has 7 nitrogen and oxygen atoms in total. The molecule has 8 heteroatoms. The van der Waals surface area contributed by atoms with E-state index in [0.29, 0.717) is 0 Å². The molecule has 0 heterocycles. The van der Waals surface area contributed by atoms with E-state index in [-0.39, 0.29) is 11.3 Å². The van der Waals surface area contributed by atoms with Crippen molar-refractivity contribution in [3.63, 3.8) is 0 Å². The van der Waals surface area contributed by atoms with Gasteiger partial charge in [-0.15, -0.1) is 0 Å². The second kappa shape index (κ2) is 4.18. The van der Waals surface area contributed by atoms with E-state index in [1.54, 1.807) is 0 Å². The zero-order valence-electron chi connectivity index (χ0n) is 7.44. The van der Waals surface area contributed by atoms with Crippen LogP contribution >= 0.6 is 7.82 Å². The Bertz CT molecular complexity index is 402. The number of nitrogens with two attached hydrogens (primary N) is 1. The molecule has 0 radical (unpaired) electrons. The molecule has 84 valence electrons. The predicted molar refractivity (Wildman–Crippen MR) is 49.8 cm³/mol. The van der Waals surface area contributed by atoms with Crippen LogP contribution in [0.1, 0.15) is 11.8 Å². The Morgan fingerprint density at radius 1 is 1.27 bits per heavy atom. The lowest BCUT2D eigenvalue weighted by Gasteiger charge is -2.14. The highest BCUT2D eigenvalue weighted by Crippen LogP contribution is 2.41. The number of aromatic hydroxyl groups is 2. The van der Waals surface area contributed by atoms with Gasteiger partial charge in [0.05, 0.1) is 0 Å². The van der Waals surface area contributed by atoms with E-state index in [1.807, 2.05) is 0 Å². The minimum atomic E-state index is -4.68. The van der Waals surface area contributed by atoms with Gasteiger partial charge in [0.15, 0.2) is 11.5 Å². The molecule has 0 bridgehead atoms. The van der Waals surface area contributed by atoms with Gasteiger partial charge in [-0.25, -0.2) is 4.57 Å². The van der Waals surface area contributed by atoms with Gasteiger partial charge in [0.25, 0.3) is 0 Å². The third kappa shape index (κ3) is 3.50. The van der Waals surface area contributed by atoms with E-state index in [0.717, 1.165) is 12.1 Å². The van der Waals surface area contributed by atoms with Gasteiger partial charge in [-0.1, -0.05) is 6.07 Å². The number of phosphoric ester groups is 1. The van der Waals surface area contributed by atoms with Crippen molar-refractivity contribution in [1.29, 1.82) is 0 Å². The lowest BCUT2D eigenvalue weighted by atomic mass is 10.2. The molecule has 1 aromatic rings. The first-order valence-electron chi connectivity index (χ1n) is 3.81. The van der Waals surface area contributed by atoms with Crippen molar-refractivity contribution in [2.24, 2.45) is 5.73 Å². The van der Waals surface area contributed by atoms with Crippen LogP contribution < -0.4 is 5.73 Å². The van der Waals surface area contributed by atoms with Gasteiger partial charge in [-0.2, -0.15) is 0 Å². The Morgan fingerprint density at radius 2 is 1.87 bits per heavy atom. The summed E-state index contributed by atoms with van der Waals surface area (Å²) in [6.45, 7) is 0. The van der Waals surface area contributed by atoms with Crippen LogP contribution in [-0.2, 0) is 9.09 Å². The Balaban J connectivity index is 2.87. The van der Waals surface area contributed by atoms with Gasteiger partial charge in [-0.3, -0.25) is 4.52 Å². The molecule has 1 aromatic carbocycles. The van der Waals surface area contributed by atoms with Crippen LogP contribution in [0.5, 0.6) is 11.5 Å². The standard InChI is InChI=1S/C7H10NO6P/c8-7(14-15(11,12)13)4-1-2-5(9)6(10)3-4/h1-3,7,9-10H,8H2,(H2,11,12,13). The predicted octanol–water partition coefficient (Wildman–Crippen LogP) is 0.164. The number of hydrogen-bond donors (Lipinski definition) is 5. The molecule has 0 saturated heterocycles. The maximum atomic E-state index is 10.4. The molecule has 1 atom stereocenters. The fraction of sp³-hybridized carbons (Fsp3) is 0.143. The van der Waals surface area contributed by atoms with Crippen LogP contribution in [0.2, 0.25) is 0 Å². The molecular weight excluding hydrogens is 225 g/mol. The minimum absolute atomic E-state index is 0.133. The maximum absolute atomic E-state index is 10.4. The zero-order chi connectivity index (χ0) is 11.6. The van der Waals surface area contributed by atoms with Crippen LogP contribution in [0.25, 0.3) is 0 Å². The summed E-state index contributed by atoms with van der Waals surface area (Å²) in [5.41, 5.74) is 5.43. The van der Waals surface area contributed by atoms with E-state index < -0.39 is 19.8 Å². The summed E-state index contributed by atoms with van der Waals surface area (Å²) >= 11 is 0. The third-order valence-electron chi connectivity index (χ3n) is 1.58. The molecule has 0 aliphatic heterocycles. The van der Waals surface area contributed by atoms with Gasteiger partial charge in [0, 0.05) is 0 Å². The van der Waals surface area contributed by atoms with Crippen molar-refractivity contribution in [2.75, 3.05) is 0 Å². The topological polar surface area (TPSA) is 133 Å². The highest BCUT2D eigenvalue weighted by molar-refractivity contribution is 7.46. The summed E-state index contributed by atoms with van der Waals surface area (Å²) in [5.74, 6) is -0.806. The van der Waals surface area contributed by atoms with E-state index in [1.165, 1.54) is 6.07 Å². The quantitative estimate of drug-likeness (QED) is 0.286. The monoisotopic (exact) mass is 235 g/mol. The third-order valence-corrected chi connectivity index (χ3v) is 2.08. The van der Waals surface area contributed by atoms with E-state index >= 15 is 0 Å². The highest BCUT2D eigenvalue weighted by Gasteiger charge is 2.21. The summed E-state index contributed by atoms with van der Waals surface area (Å²) in [6.07, 6.45) is -1.38. The molecule has 0 aliphatic carbocycles. The van der Waals surface area contributed by atoms with Crippen LogP contribution in [0.3, 0.4) is 0 Å². The van der Waals surface area contributed by atoms with Crippen LogP contribution in [0, 0.1) is 0 Å². The Hall–Kier alpha value is -1.11. The lowest BCUT2D eigenvalue weighted by molar-refractivity contribution is 0.138. The summed E-state index contributed by atoms with van der Waals surface area (Å²) in [4.78, 5) is 16.9. The number of phenols is 2. The Morgan fingerprint density at radius 3 is 2.33 bits per heavy atom. The molecule has 0 amide bonds. The van der Waals surface area contributed by atoms with Gasteiger partial charge in [0.1, 0.15) is 6.23 Å². The number of rotatable bonds is 3. The van der Waals surface area contributed by atoms with Gasteiger partial charge < -0.3 is 25.7 Å². The normalized spacial score (nSPS) is 13.8. The van der Waals surface area contributed by atoms with Crippen LogP contribution in [-0.4, -0.2) is 20.0 Å². The minimum Gasteiger partial charge on any atom is -0.504 e. The maximum Gasteiger partial charge on any atom is 0.471 e. The SMILES string of the molecule is NC(OP(=O)(O)O)c1ccc(O)c(O)c1. The number of hydrogen-bond acceptors (Lipinski definition) is 5. The second-order valence-electron chi connectivity index (χ2n) is 2.76. The van der Waals surface area contributed by atoms with Crippen molar-refractivity contribution >= 4 is 7.82 Å². The first kappa shape index (κ1) is 12.0. The zero-order valence-corrected chi connectivity index (χ0v) is 8.33. The average molecular weight is 235 g/mol. The van der Waals surface area contributed by atoms with Gasteiger partial charge in [0.2, 0.25) is 0 Å².